The van der Waals surface area contributed by atoms with E-state index in [4.69, 9.17) is 4.74 Å². The minimum Gasteiger partial charge on any atom is -0.380 e. The Morgan fingerprint density at radius 2 is 2.00 bits per heavy atom. The van der Waals surface area contributed by atoms with Crippen molar-refractivity contribution in [3.05, 3.63) is 29.8 Å². The molecule has 0 spiro atoms. The maximum atomic E-state index is 5.27. The maximum absolute atomic E-state index is 5.27. The molecule has 2 saturated heterocycles. The molecule has 2 aliphatic rings. The van der Waals surface area contributed by atoms with Crippen LogP contribution >= 0.6 is 0 Å². The van der Waals surface area contributed by atoms with E-state index in [0.717, 1.165) is 24.7 Å². The zero-order valence-corrected chi connectivity index (χ0v) is 13.3. The normalized spacial score (nSPS) is 28.1. The molecule has 3 nitrogen and oxygen atoms in total. The van der Waals surface area contributed by atoms with Crippen molar-refractivity contribution >= 4 is 5.69 Å². The number of nitrogens with one attached hydrogen (secondary N) is 1. The second-order valence-electron chi connectivity index (χ2n) is 6.52. The van der Waals surface area contributed by atoms with Crippen molar-refractivity contribution in [3.63, 3.8) is 0 Å². The van der Waals surface area contributed by atoms with Crippen molar-refractivity contribution in [1.82, 2.24) is 5.32 Å². The lowest BCUT2D eigenvalue weighted by Crippen LogP contribution is -2.49. The number of anilines is 1. The summed E-state index contributed by atoms with van der Waals surface area (Å²) in [5.41, 5.74) is 2.67. The second kappa shape index (κ2) is 6.80. The summed E-state index contributed by atoms with van der Waals surface area (Å²) in [6.07, 6.45) is 6.53. The average Bonchev–Trinajstić information content (AvgIpc) is 2.77. The summed E-state index contributed by atoms with van der Waals surface area (Å²) in [5.74, 6) is 0. The molecule has 0 saturated carbocycles. The summed E-state index contributed by atoms with van der Waals surface area (Å²) in [6, 6.07) is 11.1. The third-order valence-corrected chi connectivity index (χ3v) is 4.94. The number of ether oxygens (including phenoxy) is 1. The molecule has 1 aromatic rings. The molecular formula is C18H28N2O. The Hall–Kier alpha value is -1.06. The molecule has 2 bridgehead atoms. The van der Waals surface area contributed by atoms with Crippen LogP contribution in [0.25, 0.3) is 0 Å². The van der Waals surface area contributed by atoms with Crippen LogP contribution in [0.15, 0.2) is 24.3 Å². The zero-order valence-electron chi connectivity index (χ0n) is 13.3. The number of hydrogen-bond acceptors (Lipinski definition) is 3. The van der Waals surface area contributed by atoms with Crippen molar-refractivity contribution in [1.29, 1.82) is 0 Å². The maximum Gasteiger partial charge on any atom is 0.0713 e. The molecule has 0 radical (unpaired) electrons. The van der Waals surface area contributed by atoms with Crippen molar-refractivity contribution in [2.24, 2.45) is 0 Å². The first-order valence-electron chi connectivity index (χ1n) is 8.41. The molecule has 116 valence electrons. The lowest BCUT2D eigenvalue weighted by atomic mass is 9.96. The van der Waals surface area contributed by atoms with Crippen LogP contribution in [0.1, 0.15) is 44.6 Å². The first-order chi connectivity index (χ1) is 10.3. The van der Waals surface area contributed by atoms with Crippen LogP contribution in [0.4, 0.5) is 5.69 Å². The van der Waals surface area contributed by atoms with Gasteiger partial charge in [-0.1, -0.05) is 19.1 Å². The Balaban J connectivity index is 1.71. The van der Waals surface area contributed by atoms with Crippen LogP contribution in [-0.4, -0.2) is 31.8 Å². The van der Waals surface area contributed by atoms with Gasteiger partial charge in [0.2, 0.25) is 0 Å². The number of fused-ring (bicyclic) bond motifs is 2. The van der Waals surface area contributed by atoms with Gasteiger partial charge in [-0.25, -0.2) is 0 Å². The molecule has 2 atom stereocenters. The predicted molar refractivity (Wildman–Crippen MR) is 87.8 cm³/mol. The van der Waals surface area contributed by atoms with E-state index in [1.54, 1.807) is 7.11 Å². The third kappa shape index (κ3) is 3.24. The van der Waals surface area contributed by atoms with Gasteiger partial charge in [0.15, 0.2) is 0 Å². The van der Waals surface area contributed by atoms with Gasteiger partial charge in [-0.15, -0.1) is 0 Å². The minimum atomic E-state index is 0.706. The van der Waals surface area contributed by atoms with Crippen LogP contribution in [0.2, 0.25) is 0 Å². The largest absolute Gasteiger partial charge is 0.380 e. The number of rotatable bonds is 6. The molecule has 0 aliphatic carbocycles. The monoisotopic (exact) mass is 288 g/mol. The third-order valence-electron chi connectivity index (χ3n) is 4.94. The van der Waals surface area contributed by atoms with E-state index < -0.39 is 0 Å². The van der Waals surface area contributed by atoms with Gasteiger partial charge in [0.1, 0.15) is 0 Å². The molecule has 2 unspecified atom stereocenters. The number of piperidine rings is 1. The van der Waals surface area contributed by atoms with Crippen molar-refractivity contribution in [2.45, 2.75) is 63.8 Å². The highest BCUT2D eigenvalue weighted by atomic mass is 16.5. The topological polar surface area (TPSA) is 24.5 Å². The summed E-state index contributed by atoms with van der Waals surface area (Å²) >= 11 is 0. The first kappa shape index (κ1) is 14.9. The molecule has 2 aliphatic heterocycles. The van der Waals surface area contributed by atoms with Crippen LogP contribution < -0.4 is 10.2 Å². The van der Waals surface area contributed by atoms with E-state index in [0.29, 0.717) is 6.61 Å². The van der Waals surface area contributed by atoms with Gasteiger partial charge < -0.3 is 15.0 Å². The molecule has 1 aromatic carbocycles. The fourth-order valence-corrected chi connectivity index (χ4v) is 4.09. The Labute approximate surface area is 128 Å². The number of hydrogen-bond donors (Lipinski definition) is 1. The lowest BCUT2D eigenvalue weighted by Gasteiger charge is -2.41. The average molecular weight is 288 g/mol. The van der Waals surface area contributed by atoms with Gasteiger partial charge in [-0.2, -0.15) is 0 Å². The van der Waals surface area contributed by atoms with Crippen molar-refractivity contribution < 1.29 is 4.74 Å². The standard InChI is InChI=1S/C18H28N2O/c1-3-9-19-15-11-17-7-8-18(12-15)20(17)16-6-4-5-14(10-16)13-21-2/h4-6,10,15,17-19H,3,7-9,11-13H2,1-2H3. The van der Waals surface area contributed by atoms with Crippen LogP contribution in [0.5, 0.6) is 0 Å². The zero-order chi connectivity index (χ0) is 14.7. The molecule has 3 heteroatoms. The fraction of sp³-hybridized carbons (Fsp3) is 0.667. The van der Waals surface area contributed by atoms with E-state index in [-0.39, 0.29) is 0 Å². The Bertz CT molecular complexity index is 448. The molecule has 3 rings (SSSR count). The van der Waals surface area contributed by atoms with Gasteiger partial charge in [0.25, 0.3) is 0 Å². The summed E-state index contributed by atoms with van der Waals surface area (Å²) in [5, 5.41) is 3.73. The molecule has 0 aromatic heterocycles. The SMILES string of the molecule is CCCNC1CC2CCC(C1)N2c1cccc(COC)c1. The van der Waals surface area contributed by atoms with Gasteiger partial charge >= 0.3 is 0 Å². The van der Waals surface area contributed by atoms with Crippen LogP contribution in [0, 0.1) is 0 Å². The summed E-state index contributed by atoms with van der Waals surface area (Å²) in [6.45, 7) is 4.11. The lowest BCUT2D eigenvalue weighted by molar-refractivity contribution is 0.185. The molecule has 2 fully saturated rings. The fourth-order valence-electron chi connectivity index (χ4n) is 4.09. The molecule has 1 N–H and O–H groups in total. The van der Waals surface area contributed by atoms with Crippen LogP contribution in [0.3, 0.4) is 0 Å². The Morgan fingerprint density at radius 3 is 2.67 bits per heavy atom. The summed E-state index contributed by atoms with van der Waals surface area (Å²) in [7, 11) is 1.77. The highest BCUT2D eigenvalue weighted by Crippen LogP contribution is 2.39. The Morgan fingerprint density at radius 1 is 1.24 bits per heavy atom. The van der Waals surface area contributed by atoms with Gasteiger partial charge in [-0.05, 0) is 56.3 Å². The molecule has 2 heterocycles. The van der Waals surface area contributed by atoms with E-state index in [1.165, 1.54) is 43.4 Å². The highest BCUT2D eigenvalue weighted by Gasteiger charge is 2.40. The summed E-state index contributed by atoms with van der Waals surface area (Å²) < 4.78 is 5.27. The highest BCUT2D eigenvalue weighted by molar-refractivity contribution is 5.52. The predicted octanol–water partition coefficient (Wildman–Crippen LogP) is 3.33. The smallest absolute Gasteiger partial charge is 0.0713 e. The van der Waals surface area contributed by atoms with Gasteiger partial charge in [0.05, 0.1) is 6.61 Å². The van der Waals surface area contributed by atoms with E-state index in [9.17, 15) is 0 Å². The number of methoxy groups -OCH3 is 1. The van der Waals surface area contributed by atoms with Gasteiger partial charge in [-0.3, -0.25) is 0 Å². The quantitative estimate of drug-likeness (QED) is 0.869. The van der Waals surface area contributed by atoms with E-state index in [2.05, 4.69) is 41.4 Å². The van der Waals surface area contributed by atoms with Crippen molar-refractivity contribution in [2.75, 3.05) is 18.6 Å². The van der Waals surface area contributed by atoms with E-state index in [1.807, 2.05) is 0 Å². The molecule has 21 heavy (non-hydrogen) atoms. The minimum absolute atomic E-state index is 0.706. The molecular weight excluding hydrogens is 260 g/mol. The van der Waals surface area contributed by atoms with Gasteiger partial charge in [0, 0.05) is 30.9 Å². The number of benzene rings is 1. The van der Waals surface area contributed by atoms with E-state index >= 15 is 0 Å². The number of nitrogens with zero attached hydrogens (tertiary/aromatic N) is 1. The summed E-state index contributed by atoms with van der Waals surface area (Å²) in [4.78, 5) is 2.68. The van der Waals surface area contributed by atoms with Crippen LogP contribution in [-0.2, 0) is 11.3 Å². The Kier molecular flexibility index (Phi) is 4.81. The van der Waals surface area contributed by atoms with Crippen molar-refractivity contribution in [3.8, 4) is 0 Å². The molecule has 0 amide bonds. The second-order valence-corrected chi connectivity index (χ2v) is 6.52. The first-order valence-corrected chi connectivity index (χ1v) is 8.41.